The lowest BCUT2D eigenvalue weighted by Gasteiger charge is -2.31. The number of hydrogen-bond acceptors (Lipinski definition) is 6. The third-order valence-electron chi connectivity index (χ3n) is 6.64. The predicted molar refractivity (Wildman–Crippen MR) is 158 cm³/mol. The maximum atomic E-state index is 14.9. The molecule has 13 heteroatoms. The monoisotopic (exact) mass is 648 g/mol. The summed E-state index contributed by atoms with van der Waals surface area (Å²) >= 11 is 6.19. The van der Waals surface area contributed by atoms with Gasteiger partial charge in [-0.05, 0) is 60.4 Å². The second-order valence-electron chi connectivity index (χ2n) is 10.8. The van der Waals surface area contributed by atoms with E-state index >= 15 is 0 Å². The van der Waals surface area contributed by atoms with Gasteiger partial charge in [-0.3, -0.25) is 10.1 Å². The molecule has 7 nitrogen and oxygen atoms in total. The van der Waals surface area contributed by atoms with Gasteiger partial charge in [0, 0.05) is 24.1 Å². The Bertz CT molecular complexity index is 1690. The van der Waals surface area contributed by atoms with E-state index in [1.165, 1.54) is 66.7 Å². The van der Waals surface area contributed by atoms with Crippen LogP contribution in [0.25, 0.3) is 11.1 Å². The van der Waals surface area contributed by atoms with E-state index in [1.807, 2.05) is 12.1 Å². The fourth-order valence-corrected chi connectivity index (χ4v) is 5.46. The number of hydrogen-bond donors (Lipinski definition) is 2. The largest absolute Gasteiger partial charge is 0.407 e. The van der Waals surface area contributed by atoms with Gasteiger partial charge in [-0.15, -0.1) is 0 Å². The minimum atomic E-state index is -4.95. The number of carbonyl (C=O) groups excluding carboxylic acids is 1. The first kappa shape index (κ1) is 34.5. The Balaban J connectivity index is 1.97. The zero-order valence-corrected chi connectivity index (χ0v) is 25.5. The number of nitrogens with one attached hydrogen (secondary N) is 2. The lowest BCUT2D eigenvalue weighted by molar-refractivity contribution is -0.161. The molecule has 0 aromatic heterocycles. The van der Waals surface area contributed by atoms with Gasteiger partial charge in [0.25, 0.3) is 0 Å². The van der Waals surface area contributed by atoms with Gasteiger partial charge in [-0.2, -0.15) is 23.7 Å². The average molecular weight is 649 g/mol. The topological polar surface area (TPSA) is 123 Å². The number of alkyl halides is 4. The molecular weight excluding hydrogens is 620 g/mol. The molecule has 3 aromatic carbocycles. The van der Waals surface area contributed by atoms with Crippen LogP contribution in [0.4, 0.5) is 17.6 Å². The van der Waals surface area contributed by atoms with E-state index in [1.54, 1.807) is 0 Å². The lowest BCUT2D eigenvalue weighted by atomic mass is 9.92. The summed E-state index contributed by atoms with van der Waals surface area (Å²) in [5, 5.41) is 23.6. The van der Waals surface area contributed by atoms with Crippen LogP contribution in [-0.4, -0.2) is 44.5 Å². The van der Waals surface area contributed by atoms with E-state index in [-0.39, 0.29) is 33.0 Å². The summed E-state index contributed by atoms with van der Waals surface area (Å²) in [5.41, 5.74) is -1.26. The maximum Gasteiger partial charge on any atom is 0.407 e. The van der Waals surface area contributed by atoms with Crippen LogP contribution in [0.15, 0.2) is 71.6 Å². The van der Waals surface area contributed by atoms with Crippen molar-refractivity contribution in [2.75, 3.05) is 6.26 Å². The summed E-state index contributed by atoms with van der Waals surface area (Å²) in [6.45, 7) is 2.24. The number of carbonyl (C=O) groups is 1. The van der Waals surface area contributed by atoms with Crippen LogP contribution in [0.1, 0.15) is 43.0 Å². The molecule has 0 fully saturated rings. The third kappa shape index (κ3) is 9.26. The van der Waals surface area contributed by atoms with Gasteiger partial charge in [0.15, 0.2) is 9.84 Å². The molecule has 0 bridgehead atoms. The smallest absolute Gasteiger partial charge is 0.339 e. The van der Waals surface area contributed by atoms with Crippen molar-refractivity contribution in [2.24, 2.45) is 0 Å². The molecule has 0 radical (unpaired) electrons. The summed E-state index contributed by atoms with van der Waals surface area (Å²) in [7, 11) is -3.55. The molecule has 3 atom stereocenters. The zero-order valence-electron chi connectivity index (χ0n) is 23.9. The average Bonchev–Trinajstić information content (AvgIpc) is 2.94. The van der Waals surface area contributed by atoms with Crippen LogP contribution in [0.5, 0.6) is 0 Å². The normalized spacial score (nSPS) is 14.1. The molecule has 3 aromatic rings. The quantitative estimate of drug-likeness (QED) is 0.238. The molecule has 0 spiro atoms. The van der Waals surface area contributed by atoms with E-state index in [0.29, 0.717) is 11.1 Å². The first-order chi connectivity index (χ1) is 20.4. The fourth-order valence-electron chi connectivity index (χ4n) is 4.57. The van der Waals surface area contributed by atoms with Crippen molar-refractivity contribution >= 4 is 27.3 Å². The van der Waals surface area contributed by atoms with Crippen LogP contribution in [0, 0.1) is 22.7 Å². The Morgan fingerprint density at radius 3 is 2.16 bits per heavy atom. The van der Waals surface area contributed by atoms with Gasteiger partial charge < -0.3 is 5.32 Å². The maximum absolute atomic E-state index is 14.9. The molecule has 0 aliphatic heterocycles. The molecule has 44 heavy (non-hydrogen) atoms. The molecule has 2 N–H and O–H groups in total. The summed E-state index contributed by atoms with van der Waals surface area (Å²) in [6.07, 6.45) is -4.72. The van der Waals surface area contributed by atoms with Crippen LogP contribution in [0.2, 0.25) is 5.02 Å². The summed E-state index contributed by atoms with van der Waals surface area (Å²) < 4.78 is 82.5. The fraction of sp³-hybridized carbons (Fsp3) is 0.323. The van der Waals surface area contributed by atoms with Gasteiger partial charge in [-0.1, -0.05) is 54.1 Å². The second kappa shape index (κ2) is 13.8. The Morgan fingerprint density at radius 2 is 1.64 bits per heavy atom. The molecule has 0 saturated carbocycles. The van der Waals surface area contributed by atoms with Crippen molar-refractivity contribution in [3.8, 4) is 23.3 Å². The Labute approximate surface area is 258 Å². The Kier molecular flexibility index (Phi) is 10.8. The number of nitriles is 2. The number of benzene rings is 3. The first-order valence-electron chi connectivity index (χ1n) is 13.2. The van der Waals surface area contributed by atoms with Crippen LogP contribution < -0.4 is 10.6 Å². The van der Waals surface area contributed by atoms with Crippen molar-refractivity contribution in [3.63, 3.8) is 0 Å². The SMILES string of the molecule is CC(C)(F)C[C@H](N[C@@H](c1ccccc1-c1ccc(S(C)(=O)=O)cc1)C(F)(F)F)C(=O)NC(C#N)Cc1ccc(C#N)cc1Cl. The summed E-state index contributed by atoms with van der Waals surface area (Å²) in [4.78, 5) is 13.3. The zero-order chi connectivity index (χ0) is 32.9. The number of halogens is 5. The van der Waals surface area contributed by atoms with E-state index in [0.717, 1.165) is 20.1 Å². The second-order valence-corrected chi connectivity index (χ2v) is 13.2. The summed E-state index contributed by atoms with van der Waals surface area (Å²) in [5.74, 6) is -1.03. The third-order valence-corrected chi connectivity index (χ3v) is 8.13. The van der Waals surface area contributed by atoms with E-state index < -0.39 is 52.1 Å². The highest BCUT2D eigenvalue weighted by atomic mass is 35.5. The molecule has 0 aliphatic carbocycles. The molecule has 0 saturated heterocycles. The van der Waals surface area contributed by atoms with Crippen LogP contribution >= 0.6 is 11.6 Å². The number of amides is 1. The molecule has 0 aliphatic rings. The molecule has 1 amide bonds. The van der Waals surface area contributed by atoms with Crippen molar-refractivity contribution in [2.45, 2.75) is 61.6 Å². The molecule has 0 heterocycles. The minimum Gasteiger partial charge on any atom is -0.339 e. The van der Waals surface area contributed by atoms with Crippen molar-refractivity contribution < 1.29 is 30.8 Å². The van der Waals surface area contributed by atoms with E-state index in [2.05, 4.69) is 10.6 Å². The van der Waals surface area contributed by atoms with Gasteiger partial charge in [0.05, 0.1) is 28.6 Å². The highest BCUT2D eigenvalue weighted by molar-refractivity contribution is 7.90. The van der Waals surface area contributed by atoms with Crippen molar-refractivity contribution in [3.05, 3.63) is 88.4 Å². The van der Waals surface area contributed by atoms with Crippen LogP contribution in [-0.2, 0) is 21.1 Å². The molecule has 232 valence electrons. The minimum absolute atomic E-state index is 0.0134. The van der Waals surface area contributed by atoms with Gasteiger partial charge in [0.1, 0.15) is 17.8 Å². The first-order valence-corrected chi connectivity index (χ1v) is 15.5. The van der Waals surface area contributed by atoms with Gasteiger partial charge in [-0.25, -0.2) is 12.8 Å². The highest BCUT2D eigenvalue weighted by Crippen LogP contribution is 2.39. The lowest BCUT2D eigenvalue weighted by Crippen LogP contribution is -2.53. The highest BCUT2D eigenvalue weighted by Gasteiger charge is 2.45. The van der Waals surface area contributed by atoms with Crippen LogP contribution in [0.3, 0.4) is 0 Å². The molecule has 1 unspecified atom stereocenters. The standard InChI is InChI=1S/C31H29ClF4N4O3S/c1-30(2,33)16-27(29(41)39-22(18-38)15-21-9-8-19(17-37)14-26(21)32)40-28(31(34,35)36)25-7-5-4-6-24(25)20-10-12-23(13-11-20)44(3,42)43/h4-14,22,27-28,40H,15-16H2,1-3H3,(H,39,41)/t22?,27-,28-/m0/s1. The van der Waals surface area contributed by atoms with Crippen molar-refractivity contribution in [1.29, 1.82) is 10.5 Å². The van der Waals surface area contributed by atoms with E-state index in [4.69, 9.17) is 16.9 Å². The number of sulfone groups is 1. The van der Waals surface area contributed by atoms with Gasteiger partial charge in [0.2, 0.25) is 5.91 Å². The molecular formula is C31H29ClF4N4O3S. The Hall–Kier alpha value is -3.97. The van der Waals surface area contributed by atoms with E-state index in [9.17, 15) is 36.0 Å². The number of nitrogens with zero attached hydrogens (tertiary/aromatic N) is 2. The Morgan fingerprint density at radius 1 is 1.00 bits per heavy atom. The molecule has 3 rings (SSSR count). The predicted octanol–water partition coefficient (Wildman–Crippen LogP) is 6.23. The number of rotatable bonds is 11. The van der Waals surface area contributed by atoms with Crippen molar-refractivity contribution in [1.82, 2.24) is 10.6 Å². The summed E-state index contributed by atoms with van der Waals surface area (Å²) in [6, 6.07) is 13.6. The van der Waals surface area contributed by atoms with Gasteiger partial charge >= 0.3 is 6.18 Å².